The van der Waals surface area contributed by atoms with Gasteiger partial charge in [-0.1, -0.05) is 32.4 Å². The molecule has 128 valence electrons. The van der Waals surface area contributed by atoms with Crippen molar-refractivity contribution in [2.75, 3.05) is 11.9 Å². The number of hydrogen-bond donors (Lipinski definition) is 1. The van der Waals surface area contributed by atoms with Gasteiger partial charge in [-0.2, -0.15) is 0 Å². The fraction of sp³-hybridized carbons (Fsp3) is 0.500. The van der Waals surface area contributed by atoms with Crippen LogP contribution in [-0.4, -0.2) is 23.7 Å². The van der Waals surface area contributed by atoms with Gasteiger partial charge < -0.3 is 10.1 Å². The minimum absolute atomic E-state index is 0.0477. The van der Waals surface area contributed by atoms with Crippen molar-refractivity contribution in [1.29, 1.82) is 0 Å². The normalized spacial score (nSPS) is 12.1. The smallest absolute Gasteiger partial charge is 0.319 e. The molecule has 0 aromatic heterocycles. The number of benzene rings is 1. The Hall–Kier alpha value is -1.27. The molecule has 1 N–H and O–H groups in total. The van der Waals surface area contributed by atoms with Crippen LogP contribution in [0.2, 0.25) is 5.02 Å². The lowest BCUT2D eigenvalue weighted by Crippen LogP contribution is -2.19. The third-order valence-electron chi connectivity index (χ3n) is 2.81. The van der Waals surface area contributed by atoms with Crippen molar-refractivity contribution in [3.8, 4) is 0 Å². The second-order valence-electron chi connectivity index (χ2n) is 5.45. The first-order valence-corrected chi connectivity index (χ1v) is 8.62. The van der Waals surface area contributed by atoms with Crippen LogP contribution in [-0.2, 0) is 14.3 Å². The molecule has 23 heavy (non-hydrogen) atoms. The van der Waals surface area contributed by atoms with Crippen molar-refractivity contribution in [2.45, 2.75) is 44.3 Å². The first-order valence-electron chi connectivity index (χ1n) is 7.36. The van der Waals surface area contributed by atoms with Gasteiger partial charge in [-0.05, 0) is 25.0 Å². The van der Waals surface area contributed by atoms with Crippen LogP contribution in [0.15, 0.2) is 17.0 Å². The van der Waals surface area contributed by atoms with Crippen LogP contribution < -0.4 is 5.32 Å². The maximum atomic E-state index is 13.8. The number of carbonyl (C=O) groups excluding carboxylic acids is 2. The van der Waals surface area contributed by atoms with Gasteiger partial charge in [0.05, 0.1) is 17.3 Å². The highest BCUT2D eigenvalue weighted by Gasteiger charge is 2.19. The molecule has 1 rings (SSSR count). The van der Waals surface area contributed by atoms with Gasteiger partial charge in [0.2, 0.25) is 5.91 Å². The average molecular weight is 362 g/mol. The van der Waals surface area contributed by atoms with Crippen molar-refractivity contribution in [3.05, 3.63) is 23.0 Å². The molecule has 0 bridgehead atoms. The SMILES string of the molecule is CCC(=O)Nc1cc(SC(C)C(=O)OCC(C)C)c(Cl)cc1F. The number of rotatable bonds is 7. The Bertz CT molecular complexity index is 581. The summed E-state index contributed by atoms with van der Waals surface area (Å²) in [5.74, 6) is -1.02. The molecule has 0 heterocycles. The van der Waals surface area contributed by atoms with E-state index in [9.17, 15) is 14.0 Å². The molecular weight excluding hydrogens is 341 g/mol. The Morgan fingerprint density at radius 1 is 1.35 bits per heavy atom. The van der Waals surface area contributed by atoms with Gasteiger partial charge in [0.1, 0.15) is 11.1 Å². The van der Waals surface area contributed by atoms with Crippen LogP contribution in [0.4, 0.5) is 10.1 Å². The number of ether oxygens (including phenoxy) is 1. The minimum Gasteiger partial charge on any atom is -0.465 e. The summed E-state index contributed by atoms with van der Waals surface area (Å²) in [6, 6.07) is 2.56. The molecular formula is C16H21ClFNO3S. The Morgan fingerprint density at radius 2 is 2.00 bits per heavy atom. The van der Waals surface area contributed by atoms with Crippen LogP contribution in [0.25, 0.3) is 0 Å². The summed E-state index contributed by atoms with van der Waals surface area (Å²) >= 11 is 7.19. The van der Waals surface area contributed by atoms with Gasteiger partial charge in [0.15, 0.2) is 0 Å². The topological polar surface area (TPSA) is 55.4 Å². The number of amides is 1. The van der Waals surface area contributed by atoms with Gasteiger partial charge in [0, 0.05) is 11.3 Å². The summed E-state index contributed by atoms with van der Waals surface area (Å²) in [6.45, 7) is 7.61. The Kier molecular flexibility index (Phi) is 7.85. The monoisotopic (exact) mass is 361 g/mol. The van der Waals surface area contributed by atoms with Gasteiger partial charge in [0.25, 0.3) is 0 Å². The lowest BCUT2D eigenvalue weighted by atomic mass is 10.2. The van der Waals surface area contributed by atoms with E-state index in [0.717, 1.165) is 17.8 Å². The van der Waals surface area contributed by atoms with E-state index < -0.39 is 11.1 Å². The molecule has 0 saturated heterocycles. The zero-order valence-corrected chi connectivity index (χ0v) is 15.2. The highest BCUT2D eigenvalue weighted by molar-refractivity contribution is 8.00. The number of nitrogens with one attached hydrogen (secondary N) is 1. The maximum Gasteiger partial charge on any atom is 0.319 e. The molecule has 1 aromatic carbocycles. The number of esters is 1. The van der Waals surface area contributed by atoms with Crippen LogP contribution in [0, 0.1) is 11.7 Å². The summed E-state index contributed by atoms with van der Waals surface area (Å²) < 4.78 is 19.0. The van der Waals surface area contributed by atoms with E-state index in [1.807, 2.05) is 13.8 Å². The van der Waals surface area contributed by atoms with Crippen molar-refractivity contribution in [3.63, 3.8) is 0 Å². The maximum absolute atomic E-state index is 13.8. The van der Waals surface area contributed by atoms with Gasteiger partial charge in [-0.3, -0.25) is 9.59 Å². The molecule has 0 radical (unpaired) electrons. The minimum atomic E-state index is -0.615. The number of anilines is 1. The summed E-state index contributed by atoms with van der Waals surface area (Å²) in [7, 11) is 0. The second kappa shape index (κ2) is 9.13. The van der Waals surface area contributed by atoms with Crippen LogP contribution in [0.1, 0.15) is 34.1 Å². The highest BCUT2D eigenvalue weighted by atomic mass is 35.5. The van der Waals surface area contributed by atoms with Crippen LogP contribution in [0.3, 0.4) is 0 Å². The van der Waals surface area contributed by atoms with Crippen molar-refractivity contribution < 1.29 is 18.7 Å². The summed E-state index contributed by atoms with van der Waals surface area (Å²) in [6.07, 6.45) is 0.239. The molecule has 0 aliphatic rings. The van der Waals surface area contributed by atoms with Gasteiger partial charge in [-0.25, -0.2) is 4.39 Å². The van der Waals surface area contributed by atoms with E-state index >= 15 is 0 Å². The Balaban J connectivity index is 2.84. The molecule has 0 saturated carbocycles. The fourth-order valence-electron chi connectivity index (χ4n) is 1.56. The van der Waals surface area contributed by atoms with E-state index in [2.05, 4.69) is 5.32 Å². The van der Waals surface area contributed by atoms with Crippen molar-refractivity contribution in [1.82, 2.24) is 0 Å². The molecule has 0 aliphatic heterocycles. The van der Waals surface area contributed by atoms with Crippen LogP contribution in [0.5, 0.6) is 0 Å². The molecule has 0 aliphatic carbocycles. The van der Waals surface area contributed by atoms with E-state index in [1.54, 1.807) is 13.8 Å². The second-order valence-corrected chi connectivity index (χ2v) is 7.24. The fourth-order valence-corrected chi connectivity index (χ4v) is 2.75. The Morgan fingerprint density at radius 3 is 2.57 bits per heavy atom. The van der Waals surface area contributed by atoms with E-state index in [-0.39, 0.29) is 34.9 Å². The predicted octanol–water partition coefficient (Wildman–Crippen LogP) is 4.51. The molecule has 4 nitrogen and oxygen atoms in total. The van der Waals surface area contributed by atoms with Crippen molar-refractivity contribution >= 4 is 40.9 Å². The number of thioether (sulfide) groups is 1. The summed E-state index contributed by atoms with van der Waals surface area (Å²) in [5.41, 5.74) is 0.0477. The lowest BCUT2D eigenvalue weighted by molar-refractivity contribution is -0.143. The lowest BCUT2D eigenvalue weighted by Gasteiger charge is -2.15. The first kappa shape index (κ1) is 19.8. The van der Waals surface area contributed by atoms with Crippen LogP contribution >= 0.6 is 23.4 Å². The Labute approximate surface area is 145 Å². The molecule has 1 aromatic rings. The molecule has 1 amide bonds. The van der Waals surface area contributed by atoms with Crippen molar-refractivity contribution in [2.24, 2.45) is 5.92 Å². The molecule has 0 fully saturated rings. The zero-order valence-electron chi connectivity index (χ0n) is 13.6. The van der Waals surface area contributed by atoms with Gasteiger partial charge in [-0.15, -0.1) is 11.8 Å². The molecule has 7 heteroatoms. The number of carbonyl (C=O) groups is 2. The predicted molar refractivity (Wildman–Crippen MR) is 91.4 cm³/mol. The molecule has 1 atom stereocenters. The molecule has 0 spiro atoms. The van der Waals surface area contributed by atoms with E-state index in [1.165, 1.54) is 6.07 Å². The number of hydrogen-bond acceptors (Lipinski definition) is 4. The zero-order chi connectivity index (χ0) is 17.6. The third kappa shape index (κ3) is 6.39. The van der Waals surface area contributed by atoms with Gasteiger partial charge >= 0.3 is 5.97 Å². The average Bonchev–Trinajstić information content (AvgIpc) is 2.49. The van der Waals surface area contributed by atoms with E-state index in [4.69, 9.17) is 16.3 Å². The standard InChI is InChI=1S/C16H21ClFNO3S/c1-5-15(20)19-13-7-14(11(17)6-12(13)18)23-10(4)16(21)22-8-9(2)3/h6-7,9-10H,5,8H2,1-4H3,(H,19,20). The number of halogens is 2. The quantitative estimate of drug-likeness (QED) is 0.573. The third-order valence-corrected chi connectivity index (χ3v) is 4.37. The largest absolute Gasteiger partial charge is 0.465 e. The van der Waals surface area contributed by atoms with E-state index in [0.29, 0.717) is 11.5 Å². The molecule has 1 unspecified atom stereocenters. The first-order chi connectivity index (χ1) is 10.7. The summed E-state index contributed by atoms with van der Waals surface area (Å²) in [4.78, 5) is 23.8. The highest BCUT2D eigenvalue weighted by Crippen LogP contribution is 2.34. The summed E-state index contributed by atoms with van der Waals surface area (Å²) in [5, 5.41) is 2.16.